The Kier molecular flexibility index (Phi) is 4.35. The van der Waals surface area contributed by atoms with E-state index in [4.69, 9.17) is 21.1 Å². The molecule has 0 N–H and O–H groups in total. The van der Waals surface area contributed by atoms with Crippen molar-refractivity contribution in [3.05, 3.63) is 40.4 Å². The molecule has 136 valence electrons. The average molecular weight is 375 g/mol. The molecule has 0 unspecified atom stereocenters. The van der Waals surface area contributed by atoms with Crippen LogP contribution in [-0.4, -0.2) is 30.9 Å². The minimum Gasteiger partial charge on any atom is -0.465 e. The van der Waals surface area contributed by atoms with E-state index < -0.39 is 17.9 Å². The molecule has 0 aromatic heterocycles. The Morgan fingerprint density at radius 2 is 2.15 bits per heavy atom. The van der Waals surface area contributed by atoms with Gasteiger partial charge >= 0.3 is 11.9 Å². The van der Waals surface area contributed by atoms with E-state index in [0.29, 0.717) is 17.0 Å². The number of rotatable bonds is 3. The molecule has 1 aromatic carbocycles. The fourth-order valence-corrected chi connectivity index (χ4v) is 4.90. The predicted molar refractivity (Wildman–Crippen MR) is 94.2 cm³/mol. The summed E-state index contributed by atoms with van der Waals surface area (Å²) in [5.41, 5.74) is 2.29. The molecule has 5 nitrogen and oxygen atoms in total. The SMILES string of the molecule is CCOC(=O)[C@H]1C(=O)OC[C@@H]2C[C@H]3CC(=O)C(c4cccc(Cl)c4)=C3[C@@H]21. The molecule has 2 aliphatic carbocycles. The van der Waals surface area contributed by atoms with E-state index >= 15 is 0 Å². The molecule has 3 aliphatic rings. The highest BCUT2D eigenvalue weighted by Crippen LogP contribution is 2.55. The van der Waals surface area contributed by atoms with Crippen LogP contribution in [0.25, 0.3) is 5.57 Å². The first-order valence-corrected chi connectivity index (χ1v) is 9.25. The zero-order chi connectivity index (χ0) is 18.4. The van der Waals surface area contributed by atoms with Gasteiger partial charge in [0.2, 0.25) is 0 Å². The highest BCUT2D eigenvalue weighted by Gasteiger charge is 2.56. The van der Waals surface area contributed by atoms with Gasteiger partial charge in [0, 0.05) is 28.9 Å². The van der Waals surface area contributed by atoms with Crippen LogP contribution in [0.15, 0.2) is 29.8 Å². The maximum absolute atomic E-state index is 12.7. The standard InChI is InChI=1S/C20H19ClO5/c1-2-25-19(23)18-17-12(9-26-20(18)24)6-11-8-14(22)15(16(11)17)10-4-3-5-13(21)7-10/h3-5,7,11-12,17-18H,2,6,8-9H2,1H3/t11-,12-,17+,18-/m0/s1. The molecule has 1 heterocycles. The second-order valence-corrected chi connectivity index (χ2v) is 7.48. The lowest BCUT2D eigenvalue weighted by Crippen LogP contribution is -2.43. The first-order valence-electron chi connectivity index (χ1n) is 8.87. The van der Waals surface area contributed by atoms with Gasteiger partial charge in [-0.2, -0.15) is 0 Å². The summed E-state index contributed by atoms with van der Waals surface area (Å²) >= 11 is 6.11. The van der Waals surface area contributed by atoms with Crippen LogP contribution in [0.1, 0.15) is 25.3 Å². The number of esters is 2. The number of halogens is 1. The Labute approximate surface area is 156 Å². The van der Waals surface area contributed by atoms with Crippen molar-refractivity contribution in [1.82, 2.24) is 0 Å². The smallest absolute Gasteiger partial charge is 0.320 e. The Morgan fingerprint density at radius 1 is 1.35 bits per heavy atom. The largest absolute Gasteiger partial charge is 0.465 e. The van der Waals surface area contributed by atoms with E-state index in [1.54, 1.807) is 25.1 Å². The van der Waals surface area contributed by atoms with Crippen molar-refractivity contribution in [3.8, 4) is 0 Å². The van der Waals surface area contributed by atoms with Gasteiger partial charge in [-0.3, -0.25) is 14.4 Å². The third-order valence-corrected chi connectivity index (χ3v) is 5.84. The molecule has 0 spiro atoms. The molecule has 0 amide bonds. The van der Waals surface area contributed by atoms with Crippen molar-refractivity contribution >= 4 is 34.9 Å². The van der Waals surface area contributed by atoms with Gasteiger partial charge in [-0.25, -0.2) is 0 Å². The highest BCUT2D eigenvalue weighted by molar-refractivity contribution is 6.31. The number of carbonyl (C=O) groups excluding carboxylic acids is 3. The van der Waals surface area contributed by atoms with Crippen LogP contribution in [0, 0.1) is 23.7 Å². The lowest BCUT2D eigenvalue weighted by molar-refractivity contribution is -0.171. The van der Waals surface area contributed by atoms with E-state index in [-0.39, 0.29) is 36.8 Å². The van der Waals surface area contributed by atoms with E-state index in [2.05, 4.69) is 0 Å². The zero-order valence-corrected chi connectivity index (χ0v) is 15.1. The number of ketones is 1. The Hall–Kier alpha value is -2.14. The van der Waals surface area contributed by atoms with Crippen molar-refractivity contribution in [2.75, 3.05) is 13.2 Å². The predicted octanol–water partition coefficient (Wildman–Crippen LogP) is 3.05. The molecule has 1 saturated carbocycles. The third-order valence-electron chi connectivity index (χ3n) is 5.60. The van der Waals surface area contributed by atoms with Gasteiger partial charge in [-0.1, -0.05) is 29.3 Å². The summed E-state index contributed by atoms with van der Waals surface area (Å²) in [4.78, 5) is 37.6. The molecule has 4 atom stereocenters. The van der Waals surface area contributed by atoms with Crippen LogP contribution < -0.4 is 0 Å². The molecule has 1 aliphatic heterocycles. The van der Waals surface area contributed by atoms with Crippen molar-refractivity contribution in [1.29, 1.82) is 0 Å². The maximum Gasteiger partial charge on any atom is 0.320 e. The number of hydrogen-bond donors (Lipinski definition) is 0. The number of benzene rings is 1. The quantitative estimate of drug-likeness (QED) is 0.600. The van der Waals surface area contributed by atoms with Crippen molar-refractivity contribution < 1.29 is 23.9 Å². The topological polar surface area (TPSA) is 69.7 Å². The third kappa shape index (κ3) is 2.65. The van der Waals surface area contributed by atoms with Gasteiger partial charge in [-0.05, 0) is 37.0 Å². The van der Waals surface area contributed by atoms with Crippen LogP contribution in [0.5, 0.6) is 0 Å². The lowest BCUT2D eigenvalue weighted by atomic mass is 9.78. The fraction of sp³-hybridized carbons (Fsp3) is 0.450. The van der Waals surface area contributed by atoms with Crippen LogP contribution in [0.2, 0.25) is 5.02 Å². The molecule has 1 aromatic rings. The lowest BCUT2D eigenvalue weighted by Gasteiger charge is -2.32. The van der Waals surface area contributed by atoms with Crippen LogP contribution >= 0.6 is 11.6 Å². The molecule has 4 rings (SSSR count). The molecule has 0 radical (unpaired) electrons. The second-order valence-electron chi connectivity index (χ2n) is 7.05. The molecule has 2 fully saturated rings. The second kappa shape index (κ2) is 6.54. The summed E-state index contributed by atoms with van der Waals surface area (Å²) in [7, 11) is 0. The van der Waals surface area contributed by atoms with Crippen LogP contribution in [-0.2, 0) is 23.9 Å². The summed E-state index contributed by atoms with van der Waals surface area (Å²) in [5.74, 6) is -2.29. The van der Waals surface area contributed by atoms with Crippen LogP contribution in [0.3, 0.4) is 0 Å². The van der Waals surface area contributed by atoms with Gasteiger partial charge in [0.15, 0.2) is 11.7 Å². The van der Waals surface area contributed by atoms with Gasteiger partial charge < -0.3 is 9.47 Å². The number of fused-ring (bicyclic) bond motifs is 3. The summed E-state index contributed by atoms with van der Waals surface area (Å²) in [5, 5.41) is 0.548. The van der Waals surface area contributed by atoms with E-state index in [1.807, 2.05) is 6.07 Å². The molecule has 6 heteroatoms. The van der Waals surface area contributed by atoms with Crippen molar-refractivity contribution in [3.63, 3.8) is 0 Å². The molecule has 0 bridgehead atoms. The number of carbonyl (C=O) groups is 3. The molecule has 26 heavy (non-hydrogen) atoms. The number of cyclic esters (lactones) is 1. The first-order chi connectivity index (χ1) is 12.5. The average Bonchev–Trinajstić information content (AvgIpc) is 3.09. The number of Topliss-reactive ketones (excluding diaryl/α,β-unsaturated/α-hetero) is 1. The van der Waals surface area contributed by atoms with Gasteiger partial charge in [0.25, 0.3) is 0 Å². The van der Waals surface area contributed by atoms with Gasteiger partial charge in [-0.15, -0.1) is 0 Å². The van der Waals surface area contributed by atoms with Crippen molar-refractivity contribution in [2.45, 2.75) is 19.8 Å². The maximum atomic E-state index is 12.7. The summed E-state index contributed by atoms with van der Waals surface area (Å²) in [6.45, 7) is 2.19. The monoisotopic (exact) mass is 374 g/mol. The Bertz CT molecular complexity index is 827. The van der Waals surface area contributed by atoms with E-state index in [9.17, 15) is 14.4 Å². The minimum absolute atomic E-state index is 0.0457. The molecular formula is C20H19ClO5. The number of hydrogen-bond acceptors (Lipinski definition) is 5. The Morgan fingerprint density at radius 3 is 2.88 bits per heavy atom. The summed E-state index contributed by atoms with van der Waals surface area (Å²) < 4.78 is 10.4. The first kappa shape index (κ1) is 17.3. The van der Waals surface area contributed by atoms with Gasteiger partial charge in [0.1, 0.15) is 0 Å². The number of allylic oxidation sites excluding steroid dienone is 2. The highest BCUT2D eigenvalue weighted by atomic mass is 35.5. The number of ether oxygens (including phenoxy) is 2. The van der Waals surface area contributed by atoms with E-state index in [1.165, 1.54) is 0 Å². The molecular weight excluding hydrogens is 356 g/mol. The van der Waals surface area contributed by atoms with Gasteiger partial charge in [0.05, 0.1) is 13.2 Å². The minimum atomic E-state index is -0.992. The van der Waals surface area contributed by atoms with E-state index in [0.717, 1.165) is 17.6 Å². The summed E-state index contributed by atoms with van der Waals surface area (Å²) in [6, 6.07) is 7.17. The fourth-order valence-electron chi connectivity index (χ4n) is 4.71. The normalized spacial score (nSPS) is 30.1. The molecule has 1 saturated heterocycles. The zero-order valence-electron chi connectivity index (χ0n) is 14.4. The Balaban J connectivity index is 1.84. The van der Waals surface area contributed by atoms with Crippen molar-refractivity contribution in [2.24, 2.45) is 23.7 Å². The summed E-state index contributed by atoms with van der Waals surface area (Å²) in [6.07, 6.45) is 1.16. The van der Waals surface area contributed by atoms with Crippen LogP contribution in [0.4, 0.5) is 0 Å².